The monoisotopic (exact) mass is 273 g/mol. The average molecular weight is 273 g/mol. The molecule has 0 aromatic heterocycles. The summed E-state index contributed by atoms with van der Waals surface area (Å²) in [5.74, 6) is 0.778. The van der Waals surface area contributed by atoms with E-state index in [0.717, 1.165) is 19.5 Å². The van der Waals surface area contributed by atoms with E-state index in [9.17, 15) is 4.79 Å². The van der Waals surface area contributed by atoms with Gasteiger partial charge in [0, 0.05) is 19.0 Å². The number of rotatable bonds is 2. The van der Waals surface area contributed by atoms with E-state index in [1.165, 1.54) is 43.2 Å². The first-order valence-corrected chi connectivity index (χ1v) is 7.94. The highest BCUT2D eigenvalue weighted by molar-refractivity contribution is 5.81. The minimum absolute atomic E-state index is 0.0411. The number of quaternary nitrogens is 1. The summed E-state index contributed by atoms with van der Waals surface area (Å²) in [4.78, 5) is 14.7. The van der Waals surface area contributed by atoms with Gasteiger partial charge in [-0.1, -0.05) is 43.5 Å². The summed E-state index contributed by atoms with van der Waals surface area (Å²) in [6.07, 6.45) is 7.22. The predicted molar refractivity (Wildman–Crippen MR) is 78.8 cm³/mol. The van der Waals surface area contributed by atoms with Crippen LogP contribution in [0.5, 0.6) is 0 Å². The third-order valence-electron chi connectivity index (χ3n) is 4.98. The van der Waals surface area contributed by atoms with Crippen molar-refractivity contribution < 1.29 is 10.5 Å². The Morgan fingerprint density at radius 2 is 1.85 bits per heavy atom. The van der Waals surface area contributed by atoms with Gasteiger partial charge in [0.25, 0.3) is 5.91 Å². The maximum atomic E-state index is 12.7. The Hall–Kier alpha value is -1.35. The van der Waals surface area contributed by atoms with Crippen molar-refractivity contribution in [1.29, 1.82) is 0 Å². The quantitative estimate of drug-likeness (QED) is 0.877. The number of carbonyl (C=O) groups excluding carboxylic acids is 1. The zero-order valence-corrected chi connectivity index (χ0v) is 12.2. The van der Waals surface area contributed by atoms with Crippen LogP contribution >= 0.6 is 0 Å². The summed E-state index contributed by atoms with van der Waals surface area (Å²) < 4.78 is 0. The first-order valence-electron chi connectivity index (χ1n) is 7.94. The number of amides is 1. The number of hydrogen-bond donors (Lipinski definition) is 1. The van der Waals surface area contributed by atoms with Gasteiger partial charge in [0.15, 0.2) is 6.04 Å². The Balaban J connectivity index is 1.66. The molecule has 0 saturated heterocycles. The molecule has 108 valence electrons. The molecule has 2 aliphatic rings. The molecule has 1 aliphatic carbocycles. The summed E-state index contributed by atoms with van der Waals surface area (Å²) in [7, 11) is 0. The van der Waals surface area contributed by atoms with Crippen molar-refractivity contribution in [2.24, 2.45) is 5.92 Å². The molecular weight excluding hydrogens is 248 g/mol. The third kappa shape index (κ3) is 2.73. The minimum atomic E-state index is -0.0411. The summed E-state index contributed by atoms with van der Waals surface area (Å²) in [6, 6.07) is 8.44. The fourth-order valence-corrected chi connectivity index (χ4v) is 3.66. The van der Waals surface area contributed by atoms with Gasteiger partial charge in [0.1, 0.15) is 0 Å². The highest BCUT2D eigenvalue weighted by Crippen LogP contribution is 2.27. The van der Waals surface area contributed by atoms with Gasteiger partial charge in [0.05, 0.1) is 0 Å². The molecule has 1 atom stereocenters. The number of hydrogen-bond acceptors (Lipinski definition) is 1. The Labute approximate surface area is 121 Å². The highest BCUT2D eigenvalue weighted by atomic mass is 16.2. The van der Waals surface area contributed by atoms with Crippen molar-refractivity contribution >= 4 is 5.91 Å². The van der Waals surface area contributed by atoms with Crippen LogP contribution in [0.25, 0.3) is 0 Å². The molecule has 1 saturated carbocycles. The smallest absolute Gasteiger partial charge is 0.281 e. The van der Waals surface area contributed by atoms with Gasteiger partial charge in [-0.05, 0) is 30.4 Å². The van der Waals surface area contributed by atoms with Crippen molar-refractivity contribution in [3.05, 3.63) is 35.4 Å². The Bertz CT molecular complexity index is 480. The molecule has 0 bridgehead atoms. The molecule has 1 fully saturated rings. The molecule has 1 amide bonds. The lowest BCUT2D eigenvalue weighted by molar-refractivity contribution is -0.420. The van der Waals surface area contributed by atoms with Crippen LogP contribution in [-0.4, -0.2) is 23.4 Å². The Morgan fingerprint density at radius 1 is 1.15 bits per heavy atom. The fraction of sp³-hybridized carbons (Fsp3) is 0.588. The van der Waals surface area contributed by atoms with Crippen LogP contribution in [-0.2, 0) is 17.8 Å². The van der Waals surface area contributed by atoms with E-state index in [0.29, 0.717) is 5.92 Å². The van der Waals surface area contributed by atoms with Gasteiger partial charge in [-0.15, -0.1) is 0 Å². The average Bonchev–Trinajstić information content (AvgIpc) is 2.54. The molecule has 1 heterocycles. The van der Waals surface area contributed by atoms with E-state index >= 15 is 0 Å². The Morgan fingerprint density at radius 3 is 2.60 bits per heavy atom. The lowest BCUT2D eigenvalue weighted by Gasteiger charge is -2.32. The first-order chi connectivity index (χ1) is 9.75. The second-order valence-corrected chi connectivity index (χ2v) is 6.28. The molecule has 0 unspecified atom stereocenters. The highest BCUT2D eigenvalue weighted by Gasteiger charge is 2.33. The van der Waals surface area contributed by atoms with E-state index < -0.39 is 0 Å². The lowest BCUT2D eigenvalue weighted by atomic mass is 9.83. The van der Waals surface area contributed by atoms with Gasteiger partial charge < -0.3 is 10.6 Å². The molecule has 1 aromatic carbocycles. The van der Waals surface area contributed by atoms with E-state index in [-0.39, 0.29) is 11.9 Å². The minimum Gasteiger partial charge on any atom is -0.347 e. The van der Waals surface area contributed by atoms with Gasteiger partial charge in [0.2, 0.25) is 0 Å². The van der Waals surface area contributed by atoms with Crippen LogP contribution in [0.4, 0.5) is 0 Å². The van der Waals surface area contributed by atoms with Gasteiger partial charge >= 0.3 is 0 Å². The third-order valence-corrected chi connectivity index (χ3v) is 4.98. The van der Waals surface area contributed by atoms with Crippen molar-refractivity contribution in [2.75, 3.05) is 6.54 Å². The topological polar surface area (TPSA) is 48.0 Å². The van der Waals surface area contributed by atoms with E-state index in [2.05, 4.69) is 30.0 Å². The summed E-state index contributed by atoms with van der Waals surface area (Å²) in [5.41, 5.74) is 6.91. The molecular formula is C17H25N2O+. The molecule has 1 aromatic rings. The van der Waals surface area contributed by atoms with Crippen molar-refractivity contribution in [3.8, 4) is 0 Å². The van der Waals surface area contributed by atoms with E-state index in [1.807, 2.05) is 4.90 Å². The van der Waals surface area contributed by atoms with Gasteiger partial charge in [-0.25, -0.2) is 0 Å². The SMILES string of the molecule is [NH3+][C@H](C(=O)N1CCc2ccccc2C1)C1CCCCC1. The van der Waals surface area contributed by atoms with E-state index in [4.69, 9.17) is 0 Å². The Kier molecular flexibility index (Phi) is 4.06. The number of benzene rings is 1. The molecule has 3 rings (SSSR count). The molecule has 0 spiro atoms. The van der Waals surface area contributed by atoms with Crippen LogP contribution in [0.2, 0.25) is 0 Å². The number of fused-ring (bicyclic) bond motifs is 1. The van der Waals surface area contributed by atoms with Crippen LogP contribution in [0.1, 0.15) is 43.2 Å². The van der Waals surface area contributed by atoms with Crippen LogP contribution in [0, 0.1) is 5.92 Å². The van der Waals surface area contributed by atoms with Gasteiger partial charge in [-0.2, -0.15) is 0 Å². The zero-order chi connectivity index (χ0) is 13.9. The van der Waals surface area contributed by atoms with Crippen LogP contribution < -0.4 is 5.73 Å². The lowest BCUT2D eigenvalue weighted by Crippen LogP contribution is -2.71. The van der Waals surface area contributed by atoms with E-state index in [1.54, 1.807) is 0 Å². The summed E-state index contributed by atoms with van der Waals surface area (Å²) >= 11 is 0. The van der Waals surface area contributed by atoms with Crippen LogP contribution in [0.15, 0.2) is 24.3 Å². The fourth-order valence-electron chi connectivity index (χ4n) is 3.66. The standard InChI is InChI=1S/C17H24N2O/c18-16(14-7-2-1-3-8-14)17(20)19-11-10-13-6-4-5-9-15(13)12-19/h4-6,9,14,16H,1-3,7-8,10-12,18H2/p+1/t16-/m0/s1. The van der Waals surface area contributed by atoms with Crippen molar-refractivity contribution in [1.82, 2.24) is 4.90 Å². The number of nitrogens with zero attached hydrogens (tertiary/aromatic N) is 1. The maximum absolute atomic E-state index is 12.7. The molecule has 0 radical (unpaired) electrons. The largest absolute Gasteiger partial charge is 0.347 e. The van der Waals surface area contributed by atoms with Crippen molar-refractivity contribution in [3.63, 3.8) is 0 Å². The zero-order valence-electron chi connectivity index (χ0n) is 12.2. The second-order valence-electron chi connectivity index (χ2n) is 6.28. The molecule has 3 heteroatoms. The maximum Gasteiger partial charge on any atom is 0.281 e. The molecule has 3 nitrogen and oxygen atoms in total. The summed E-state index contributed by atoms with van der Waals surface area (Å²) in [5, 5.41) is 0. The predicted octanol–water partition coefficient (Wildman–Crippen LogP) is 1.76. The van der Waals surface area contributed by atoms with Crippen LogP contribution in [0.3, 0.4) is 0 Å². The first kappa shape index (κ1) is 13.6. The summed E-state index contributed by atoms with van der Waals surface area (Å²) in [6.45, 7) is 1.63. The second kappa shape index (κ2) is 5.96. The van der Waals surface area contributed by atoms with Crippen molar-refractivity contribution in [2.45, 2.75) is 51.1 Å². The van der Waals surface area contributed by atoms with Gasteiger partial charge in [-0.3, -0.25) is 4.79 Å². The molecule has 3 N–H and O–H groups in total. The number of carbonyl (C=O) groups is 1. The molecule has 20 heavy (non-hydrogen) atoms. The normalized spacial score (nSPS) is 21.4. The molecule has 1 aliphatic heterocycles.